The third-order valence-electron chi connectivity index (χ3n) is 3.37. The number of benzene rings is 2. The zero-order chi connectivity index (χ0) is 18.1. The fraction of sp³-hybridized carbons (Fsp3) is 0.158. The molecule has 0 fully saturated rings. The number of anilines is 1. The SMILES string of the molecule is COc1ccc(NC=O)cc1.Cc1cc(Cc2ccc(Cl)cc2)n[nH]1. The van der Waals surface area contributed by atoms with Crippen LogP contribution in [0.15, 0.2) is 54.6 Å². The molecule has 1 amide bonds. The van der Waals surface area contributed by atoms with E-state index < -0.39 is 0 Å². The standard InChI is InChI=1S/C11H11ClN2.C8H9NO2/c1-8-6-11(14-13-8)7-9-2-4-10(12)5-3-9;1-11-8-4-2-7(3-5-8)9-6-10/h2-6H,7H2,1H3,(H,13,14);2-6H,1H3,(H,9,10). The average Bonchev–Trinajstić information content (AvgIpc) is 3.03. The minimum atomic E-state index is 0.641. The predicted molar refractivity (Wildman–Crippen MR) is 100 cm³/mol. The molecular formula is C19H20ClN3O2. The van der Waals surface area contributed by atoms with Gasteiger partial charge in [0.05, 0.1) is 12.8 Å². The summed E-state index contributed by atoms with van der Waals surface area (Å²) in [6.45, 7) is 2.00. The molecule has 0 bridgehead atoms. The second-order valence-corrected chi connectivity index (χ2v) is 5.77. The zero-order valence-corrected chi connectivity index (χ0v) is 14.9. The molecule has 0 unspecified atom stereocenters. The van der Waals surface area contributed by atoms with Crippen LogP contribution in [0.3, 0.4) is 0 Å². The van der Waals surface area contributed by atoms with Gasteiger partial charge in [-0.2, -0.15) is 5.10 Å². The predicted octanol–water partition coefficient (Wildman–Crippen LogP) is 4.23. The average molecular weight is 358 g/mol. The number of nitrogens with one attached hydrogen (secondary N) is 2. The van der Waals surface area contributed by atoms with Crippen LogP contribution in [0.25, 0.3) is 0 Å². The number of amides is 1. The molecule has 0 aliphatic carbocycles. The number of carbonyl (C=O) groups is 1. The Morgan fingerprint density at radius 3 is 2.36 bits per heavy atom. The van der Waals surface area contributed by atoms with Gasteiger partial charge < -0.3 is 10.1 Å². The Labute approximate surface area is 152 Å². The van der Waals surface area contributed by atoms with Gasteiger partial charge in [-0.25, -0.2) is 0 Å². The normalized spacial score (nSPS) is 9.72. The van der Waals surface area contributed by atoms with Gasteiger partial charge >= 0.3 is 0 Å². The Morgan fingerprint density at radius 1 is 1.16 bits per heavy atom. The van der Waals surface area contributed by atoms with Crippen molar-refractivity contribution in [1.82, 2.24) is 10.2 Å². The van der Waals surface area contributed by atoms with Gasteiger partial charge in [-0.3, -0.25) is 9.89 Å². The molecule has 2 N–H and O–H groups in total. The molecule has 0 atom stereocenters. The molecule has 2 aromatic carbocycles. The van der Waals surface area contributed by atoms with E-state index in [0.717, 1.165) is 34.3 Å². The molecule has 3 aromatic rings. The summed E-state index contributed by atoms with van der Waals surface area (Å²) in [5.41, 5.74) is 4.14. The van der Waals surface area contributed by atoms with E-state index >= 15 is 0 Å². The van der Waals surface area contributed by atoms with Gasteiger partial charge in [-0.15, -0.1) is 0 Å². The summed E-state index contributed by atoms with van der Waals surface area (Å²) >= 11 is 5.80. The highest BCUT2D eigenvalue weighted by molar-refractivity contribution is 6.30. The first-order valence-electron chi connectivity index (χ1n) is 7.70. The van der Waals surface area contributed by atoms with Crippen LogP contribution in [0.1, 0.15) is 17.0 Å². The monoisotopic (exact) mass is 357 g/mol. The molecule has 0 radical (unpaired) electrons. The van der Waals surface area contributed by atoms with Crippen LogP contribution in [-0.4, -0.2) is 23.7 Å². The van der Waals surface area contributed by atoms with Crippen LogP contribution in [0.4, 0.5) is 5.69 Å². The number of aromatic amines is 1. The Kier molecular flexibility index (Phi) is 7.04. The van der Waals surface area contributed by atoms with Crippen molar-refractivity contribution in [3.8, 4) is 5.75 Å². The van der Waals surface area contributed by atoms with Crippen molar-refractivity contribution >= 4 is 23.7 Å². The molecule has 0 aliphatic heterocycles. The van der Waals surface area contributed by atoms with Crippen molar-refractivity contribution in [2.24, 2.45) is 0 Å². The van der Waals surface area contributed by atoms with Crippen LogP contribution in [0, 0.1) is 6.92 Å². The molecule has 0 saturated carbocycles. The largest absolute Gasteiger partial charge is 0.497 e. The van der Waals surface area contributed by atoms with E-state index in [0.29, 0.717) is 6.41 Å². The number of hydrogen-bond donors (Lipinski definition) is 2. The Morgan fingerprint density at radius 2 is 1.84 bits per heavy atom. The molecule has 1 aromatic heterocycles. The van der Waals surface area contributed by atoms with Crippen LogP contribution >= 0.6 is 11.6 Å². The number of H-pyrrole nitrogens is 1. The summed E-state index contributed by atoms with van der Waals surface area (Å²) in [5, 5.41) is 10.4. The number of hydrogen-bond acceptors (Lipinski definition) is 3. The summed E-state index contributed by atoms with van der Waals surface area (Å²) < 4.78 is 4.93. The lowest BCUT2D eigenvalue weighted by Crippen LogP contribution is -1.92. The van der Waals surface area contributed by atoms with E-state index in [1.807, 2.05) is 31.2 Å². The van der Waals surface area contributed by atoms with Gasteiger partial charge in [-0.1, -0.05) is 23.7 Å². The number of halogens is 1. The molecule has 25 heavy (non-hydrogen) atoms. The Bertz CT molecular complexity index is 783. The second-order valence-electron chi connectivity index (χ2n) is 5.34. The molecule has 3 rings (SSSR count). The third-order valence-corrected chi connectivity index (χ3v) is 3.63. The van der Waals surface area contributed by atoms with Gasteiger partial charge in [0.25, 0.3) is 0 Å². The van der Waals surface area contributed by atoms with Crippen molar-refractivity contribution in [3.63, 3.8) is 0 Å². The van der Waals surface area contributed by atoms with E-state index in [1.54, 1.807) is 31.4 Å². The summed E-state index contributed by atoms with van der Waals surface area (Å²) in [5.74, 6) is 0.779. The highest BCUT2D eigenvalue weighted by Crippen LogP contribution is 2.14. The summed E-state index contributed by atoms with van der Waals surface area (Å²) in [7, 11) is 1.60. The first kappa shape index (κ1) is 18.5. The lowest BCUT2D eigenvalue weighted by molar-refractivity contribution is -0.105. The maximum absolute atomic E-state index is 9.99. The molecule has 0 aliphatic rings. The molecule has 0 saturated heterocycles. The van der Waals surface area contributed by atoms with Crippen LogP contribution in [0.2, 0.25) is 5.02 Å². The maximum Gasteiger partial charge on any atom is 0.211 e. The van der Waals surface area contributed by atoms with Gasteiger partial charge in [0, 0.05) is 22.8 Å². The lowest BCUT2D eigenvalue weighted by Gasteiger charge is -2.00. The van der Waals surface area contributed by atoms with Crippen LogP contribution in [-0.2, 0) is 11.2 Å². The molecule has 5 nitrogen and oxygen atoms in total. The van der Waals surface area contributed by atoms with Crippen molar-refractivity contribution in [2.45, 2.75) is 13.3 Å². The smallest absolute Gasteiger partial charge is 0.211 e. The minimum absolute atomic E-state index is 0.641. The number of nitrogens with zero attached hydrogens (tertiary/aromatic N) is 1. The van der Waals surface area contributed by atoms with E-state index in [9.17, 15) is 4.79 Å². The van der Waals surface area contributed by atoms with E-state index in [2.05, 4.69) is 21.6 Å². The number of methoxy groups -OCH3 is 1. The molecule has 6 heteroatoms. The van der Waals surface area contributed by atoms with Crippen molar-refractivity contribution < 1.29 is 9.53 Å². The Balaban J connectivity index is 0.000000186. The van der Waals surface area contributed by atoms with Crippen molar-refractivity contribution in [2.75, 3.05) is 12.4 Å². The highest BCUT2D eigenvalue weighted by Gasteiger charge is 1.99. The van der Waals surface area contributed by atoms with Gasteiger partial charge in [0.15, 0.2) is 0 Å². The molecule has 0 spiro atoms. The third kappa shape index (κ3) is 6.31. The van der Waals surface area contributed by atoms with E-state index in [1.165, 1.54) is 5.56 Å². The van der Waals surface area contributed by atoms with Crippen LogP contribution in [0.5, 0.6) is 5.75 Å². The zero-order valence-electron chi connectivity index (χ0n) is 14.1. The summed E-state index contributed by atoms with van der Waals surface area (Å²) in [6, 6.07) is 17.0. The number of aryl methyl sites for hydroxylation is 1. The van der Waals surface area contributed by atoms with Gasteiger partial charge in [0.1, 0.15) is 5.75 Å². The Hall–Kier alpha value is -2.79. The van der Waals surface area contributed by atoms with Crippen molar-refractivity contribution in [1.29, 1.82) is 0 Å². The van der Waals surface area contributed by atoms with Crippen molar-refractivity contribution in [3.05, 3.63) is 76.6 Å². The highest BCUT2D eigenvalue weighted by atomic mass is 35.5. The number of rotatable bonds is 5. The fourth-order valence-corrected chi connectivity index (χ4v) is 2.26. The maximum atomic E-state index is 9.99. The van der Waals surface area contributed by atoms with Gasteiger partial charge in [0.2, 0.25) is 6.41 Å². The minimum Gasteiger partial charge on any atom is -0.497 e. The molecular weight excluding hydrogens is 338 g/mol. The number of aromatic nitrogens is 2. The lowest BCUT2D eigenvalue weighted by atomic mass is 10.1. The van der Waals surface area contributed by atoms with Gasteiger partial charge in [-0.05, 0) is 55.0 Å². The van der Waals surface area contributed by atoms with Crippen LogP contribution < -0.4 is 10.1 Å². The van der Waals surface area contributed by atoms with E-state index in [-0.39, 0.29) is 0 Å². The van der Waals surface area contributed by atoms with E-state index in [4.69, 9.17) is 16.3 Å². The summed E-state index contributed by atoms with van der Waals surface area (Å²) in [6.07, 6.45) is 1.49. The number of ether oxygens (including phenoxy) is 1. The summed E-state index contributed by atoms with van der Waals surface area (Å²) in [4.78, 5) is 9.99. The quantitative estimate of drug-likeness (QED) is 0.671. The first-order valence-corrected chi connectivity index (χ1v) is 8.08. The molecule has 1 heterocycles. The second kappa shape index (κ2) is 9.49. The topological polar surface area (TPSA) is 67.0 Å². The first-order chi connectivity index (χ1) is 12.1. The molecule has 130 valence electrons. The fourth-order valence-electron chi connectivity index (χ4n) is 2.13. The number of carbonyl (C=O) groups excluding carboxylic acids is 1.